The number of rotatable bonds is 11. The molecule has 2 unspecified atom stereocenters. The molecule has 0 saturated heterocycles. The van der Waals surface area contributed by atoms with Gasteiger partial charge in [-0.3, -0.25) is 4.79 Å². The third-order valence-corrected chi connectivity index (χ3v) is 11.0. The lowest BCUT2D eigenvalue weighted by Gasteiger charge is -2.34. The Morgan fingerprint density at radius 1 is 0.938 bits per heavy atom. The summed E-state index contributed by atoms with van der Waals surface area (Å²) in [5, 5.41) is 0. The number of hydrogen-bond donors (Lipinski definition) is 0. The average Bonchev–Trinajstić information content (AvgIpc) is 3.11. The van der Waals surface area contributed by atoms with Crippen molar-refractivity contribution in [3.05, 3.63) is 106 Å². The van der Waals surface area contributed by atoms with Crippen molar-refractivity contribution in [3.63, 3.8) is 0 Å². The van der Waals surface area contributed by atoms with E-state index in [-0.39, 0.29) is 17.0 Å². The fourth-order valence-corrected chi connectivity index (χ4v) is 7.32. The van der Waals surface area contributed by atoms with Gasteiger partial charge in [0, 0.05) is 16.5 Å². The monoisotopic (exact) mass is 644 g/mol. The summed E-state index contributed by atoms with van der Waals surface area (Å²) in [5.41, 5.74) is 12.7. The number of carbonyl (C=O) groups excluding carboxylic acids is 1. The van der Waals surface area contributed by atoms with E-state index in [1.807, 2.05) is 18.2 Å². The molecule has 0 fully saturated rings. The number of carbonyl (C=O) groups is 1. The summed E-state index contributed by atoms with van der Waals surface area (Å²) < 4.78 is 13.4. The molecule has 1 aliphatic carbocycles. The molecule has 0 spiro atoms. The molecular formula is C45H56O3. The minimum Gasteiger partial charge on any atom is -0.487 e. The van der Waals surface area contributed by atoms with Gasteiger partial charge in [-0.2, -0.15) is 0 Å². The molecule has 5 rings (SSSR count). The van der Waals surface area contributed by atoms with Gasteiger partial charge in [-0.1, -0.05) is 96.3 Å². The van der Waals surface area contributed by atoms with Crippen molar-refractivity contribution >= 4 is 11.5 Å². The van der Waals surface area contributed by atoms with E-state index in [4.69, 9.17) is 9.47 Å². The fraction of sp³-hybridized carbons (Fsp3) is 0.467. The van der Waals surface area contributed by atoms with Gasteiger partial charge in [0.1, 0.15) is 17.1 Å². The second-order valence-corrected chi connectivity index (χ2v) is 15.3. The van der Waals surface area contributed by atoms with E-state index in [2.05, 4.69) is 117 Å². The lowest BCUT2D eigenvalue weighted by Crippen LogP contribution is -2.33. The first-order valence-electron chi connectivity index (χ1n) is 18.3. The van der Waals surface area contributed by atoms with Crippen molar-refractivity contribution in [1.29, 1.82) is 0 Å². The first kappa shape index (κ1) is 35.5. The van der Waals surface area contributed by atoms with Crippen LogP contribution in [0.5, 0.6) is 11.5 Å². The standard InChI is InChI=1S/C45H56O3/c1-10-13-24-44(8,12-3)42(46)47-40-31(4)26-36(29-38(40)34-19-15-14-16-20-34)43(6,7)37-27-32(5)41-39(30-37)35-21-17-18-33(28-35)22-25-45(9,48-41)23-11-2/h14-17,19-20,26-30H,10-13,21-25H2,1-9H3. The predicted octanol–water partition coefficient (Wildman–Crippen LogP) is 12.4. The molecule has 3 heteroatoms. The van der Waals surface area contributed by atoms with Gasteiger partial charge in [0.25, 0.3) is 0 Å². The second-order valence-electron chi connectivity index (χ2n) is 15.3. The third-order valence-electron chi connectivity index (χ3n) is 11.0. The lowest BCUT2D eigenvalue weighted by molar-refractivity contribution is -0.145. The van der Waals surface area contributed by atoms with Gasteiger partial charge in [0.05, 0.1) is 5.41 Å². The molecule has 2 aliphatic rings. The Morgan fingerprint density at radius 3 is 2.29 bits per heavy atom. The van der Waals surface area contributed by atoms with Crippen LogP contribution in [0.25, 0.3) is 16.7 Å². The molecule has 0 radical (unpaired) electrons. The largest absolute Gasteiger partial charge is 0.487 e. The Morgan fingerprint density at radius 2 is 1.62 bits per heavy atom. The smallest absolute Gasteiger partial charge is 0.317 e. The molecule has 3 nitrogen and oxygen atoms in total. The zero-order chi connectivity index (χ0) is 34.7. The number of aryl methyl sites for hydroxylation is 2. The summed E-state index contributed by atoms with van der Waals surface area (Å²) in [6.07, 6.45) is 13.1. The summed E-state index contributed by atoms with van der Waals surface area (Å²) in [7, 11) is 0. The minimum atomic E-state index is -0.515. The topological polar surface area (TPSA) is 35.5 Å². The second kappa shape index (κ2) is 14.4. The Labute approximate surface area is 290 Å². The maximum atomic E-state index is 13.8. The molecule has 48 heavy (non-hydrogen) atoms. The minimum absolute atomic E-state index is 0.141. The van der Waals surface area contributed by atoms with Gasteiger partial charge >= 0.3 is 5.97 Å². The van der Waals surface area contributed by atoms with Gasteiger partial charge in [-0.15, -0.1) is 5.73 Å². The summed E-state index contributed by atoms with van der Waals surface area (Å²) in [5.74, 6) is 1.53. The number of fused-ring (bicyclic) bond motifs is 3. The van der Waals surface area contributed by atoms with Gasteiger partial charge in [-0.05, 0) is 129 Å². The van der Waals surface area contributed by atoms with Crippen LogP contribution in [0.3, 0.4) is 0 Å². The quantitative estimate of drug-likeness (QED) is 0.118. The highest BCUT2D eigenvalue weighted by molar-refractivity contribution is 5.83. The van der Waals surface area contributed by atoms with Crippen LogP contribution in [0.4, 0.5) is 0 Å². The number of hydrogen-bond acceptors (Lipinski definition) is 3. The zero-order valence-electron chi connectivity index (χ0n) is 30.9. The normalized spacial score (nSPS) is 18.7. The highest BCUT2D eigenvalue weighted by Gasteiger charge is 2.35. The van der Waals surface area contributed by atoms with Gasteiger partial charge in [0.15, 0.2) is 0 Å². The molecule has 2 bridgehead atoms. The maximum Gasteiger partial charge on any atom is 0.317 e. The van der Waals surface area contributed by atoms with Crippen molar-refractivity contribution in [2.45, 2.75) is 131 Å². The summed E-state index contributed by atoms with van der Waals surface area (Å²) in [6.45, 7) is 19.7. The zero-order valence-corrected chi connectivity index (χ0v) is 30.9. The number of esters is 1. The van der Waals surface area contributed by atoms with E-state index in [9.17, 15) is 4.79 Å². The Kier molecular flexibility index (Phi) is 10.6. The molecule has 2 atom stereocenters. The summed E-state index contributed by atoms with van der Waals surface area (Å²) in [4.78, 5) is 13.8. The van der Waals surface area contributed by atoms with Crippen molar-refractivity contribution in [2.75, 3.05) is 0 Å². The van der Waals surface area contributed by atoms with Gasteiger partial charge in [0.2, 0.25) is 0 Å². The van der Waals surface area contributed by atoms with Crippen LogP contribution in [0, 0.1) is 19.3 Å². The third kappa shape index (κ3) is 7.28. The van der Waals surface area contributed by atoms with Crippen LogP contribution >= 0.6 is 0 Å². The van der Waals surface area contributed by atoms with Gasteiger partial charge in [-0.25, -0.2) is 0 Å². The van der Waals surface area contributed by atoms with Crippen LogP contribution in [0.2, 0.25) is 0 Å². The highest BCUT2D eigenvalue weighted by Crippen LogP contribution is 2.46. The van der Waals surface area contributed by atoms with E-state index in [1.54, 1.807) is 0 Å². The number of benzene rings is 3. The fourth-order valence-electron chi connectivity index (χ4n) is 7.32. The molecule has 0 saturated carbocycles. The van der Waals surface area contributed by atoms with Crippen molar-refractivity contribution in [1.82, 2.24) is 0 Å². The maximum absolute atomic E-state index is 13.8. The van der Waals surface area contributed by atoms with Crippen molar-refractivity contribution < 1.29 is 14.3 Å². The molecule has 3 aromatic carbocycles. The molecule has 0 aromatic heterocycles. The van der Waals surface area contributed by atoms with Crippen LogP contribution in [0.15, 0.2) is 78.1 Å². The Bertz CT molecular complexity index is 1750. The van der Waals surface area contributed by atoms with Crippen LogP contribution in [-0.4, -0.2) is 11.6 Å². The highest BCUT2D eigenvalue weighted by atomic mass is 16.5. The SMILES string of the molecule is CCCCC(C)(CC)C(=O)Oc1c(C)cc(C(C)(C)c2cc(C)c3c(c2)C2=CC(=C=CC2)CCC(C)(CCC)O3)cc1-c1ccccc1. The van der Waals surface area contributed by atoms with E-state index >= 15 is 0 Å². The van der Waals surface area contributed by atoms with Crippen LogP contribution in [-0.2, 0) is 10.2 Å². The van der Waals surface area contributed by atoms with Crippen molar-refractivity contribution in [2.24, 2.45) is 5.41 Å². The molecule has 0 N–H and O–H groups in total. The van der Waals surface area contributed by atoms with Crippen molar-refractivity contribution in [3.8, 4) is 22.6 Å². The first-order valence-corrected chi connectivity index (χ1v) is 18.3. The number of ether oxygens (including phenoxy) is 2. The van der Waals surface area contributed by atoms with E-state index in [0.717, 1.165) is 85.8 Å². The Hall–Kier alpha value is -3.81. The first-order chi connectivity index (χ1) is 22.8. The molecular weight excluding hydrogens is 588 g/mol. The number of allylic oxidation sites excluding steroid dienone is 3. The molecule has 1 aliphatic heterocycles. The van der Waals surface area contributed by atoms with E-state index in [1.165, 1.54) is 27.8 Å². The summed E-state index contributed by atoms with van der Waals surface area (Å²) >= 11 is 0. The molecule has 1 heterocycles. The van der Waals surface area contributed by atoms with Gasteiger partial charge < -0.3 is 9.47 Å². The van der Waals surface area contributed by atoms with E-state index < -0.39 is 5.41 Å². The average molecular weight is 645 g/mol. The van der Waals surface area contributed by atoms with Crippen LogP contribution in [0.1, 0.15) is 134 Å². The van der Waals surface area contributed by atoms with E-state index in [0.29, 0.717) is 5.75 Å². The summed E-state index contributed by atoms with van der Waals surface area (Å²) in [6, 6.07) is 19.5. The molecule has 3 aromatic rings. The van der Waals surface area contributed by atoms with Crippen LogP contribution < -0.4 is 9.47 Å². The predicted molar refractivity (Wildman–Crippen MR) is 201 cm³/mol. The molecule has 0 amide bonds. The Balaban J connectivity index is 1.63. The molecule has 254 valence electrons. The lowest BCUT2D eigenvalue weighted by atomic mass is 9.75. The number of unbranched alkanes of at least 4 members (excludes halogenated alkanes) is 1.